The molecule has 2 rings (SSSR count). The van der Waals surface area contributed by atoms with Gasteiger partial charge in [-0.3, -0.25) is 4.79 Å². The maximum Gasteiger partial charge on any atom is 0.234 e. The standard InChI is InChI=1S/C15H14F2N2OS/c1-9-4-2-3-5-13(9)19-14(20)8-21-15-11(16)6-10(18)7-12(15)17/h2-7H,8,18H2,1H3,(H,19,20). The molecular weight excluding hydrogens is 294 g/mol. The van der Waals surface area contributed by atoms with Gasteiger partial charge in [-0.15, -0.1) is 11.8 Å². The molecule has 110 valence electrons. The van der Waals surface area contributed by atoms with Crippen molar-refractivity contribution in [1.29, 1.82) is 0 Å². The molecule has 0 saturated carbocycles. The van der Waals surface area contributed by atoms with Gasteiger partial charge in [0, 0.05) is 11.4 Å². The first-order valence-electron chi connectivity index (χ1n) is 6.20. The zero-order valence-electron chi connectivity index (χ0n) is 11.3. The number of rotatable bonds is 4. The molecule has 0 radical (unpaired) electrons. The summed E-state index contributed by atoms with van der Waals surface area (Å²) in [7, 11) is 0. The smallest absolute Gasteiger partial charge is 0.234 e. The van der Waals surface area contributed by atoms with E-state index in [2.05, 4.69) is 5.32 Å². The normalized spacial score (nSPS) is 10.4. The number of benzene rings is 2. The molecule has 0 aliphatic carbocycles. The molecule has 0 aliphatic rings. The average molecular weight is 308 g/mol. The maximum absolute atomic E-state index is 13.6. The van der Waals surface area contributed by atoms with Crippen molar-refractivity contribution in [2.75, 3.05) is 16.8 Å². The number of hydrogen-bond donors (Lipinski definition) is 2. The van der Waals surface area contributed by atoms with Gasteiger partial charge in [-0.2, -0.15) is 0 Å². The van der Waals surface area contributed by atoms with Crippen molar-refractivity contribution in [2.45, 2.75) is 11.8 Å². The van der Waals surface area contributed by atoms with Crippen LogP contribution in [0.15, 0.2) is 41.3 Å². The molecule has 2 aromatic rings. The Labute approximate surface area is 125 Å². The number of halogens is 2. The van der Waals surface area contributed by atoms with Crippen molar-refractivity contribution >= 4 is 29.0 Å². The van der Waals surface area contributed by atoms with Crippen molar-refractivity contribution < 1.29 is 13.6 Å². The number of hydrogen-bond acceptors (Lipinski definition) is 3. The Morgan fingerprint density at radius 2 is 1.86 bits per heavy atom. The minimum absolute atomic E-state index is 0.0127. The Morgan fingerprint density at radius 3 is 2.48 bits per heavy atom. The third-order valence-corrected chi connectivity index (χ3v) is 3.87. The lowest BCUT2D eigenvalue weighted by molar-refractivity contribution is -0.113. The van der Waals surface area contributed by atoms with E-state index in [1.807, 2.05) is 19.1 Å². The molecule has 6 heteroatoms. The van der Waals surface area contributed by atoms with Crippen molar-refractivity contribution in [1.82, 2.24) is 0 Å². The number of para-hydroxylation sites is 1. The second-order valence-electron chi connectivity index (χ2n) is 4.47. The largest absolute Gasteiger partial charge is 0.399 e. The summed E-state index contributed by atoms with van der Waals surface area (Å²) in [6.45, 7) is 1.86. The monoisotopic (exact) mass is 308 g/mol. The lowest BCUT2D eigenvalue weighted by atomic mass is 10.2. The molecule has 0 aromatic heterocycles. The molecule has 0 heterocycles. The topological polar surface area (TPSA) is 55.1 Å². The highest BCUT2D eigenvalue weighted by molar-refractivity contribution is 8.00. The number of carbonyl (C=O) groups is 1. The molecule has 0 fully saturated rings. The van der Waals surface area contributed by atoms with Crippen LogP contribution in [0.4, 0.5) is 20.2 Å². The highest BCUT2D eigenvalue weighted by Gasteiger charge is 2.13. The number of thioether (sulfide) groups is 1. The molecule has 21 heavy (non-hydrogen) atoms. The summed E-state index contributed by atoms with van der Waals surface area (Å²) in [4.78, 5) is 11.6. The number of anilines is 2. The molecule has 0 aliphatic heterocycles. The molecule has 3 N–H and O–H groups in total. The molecule has 0 saturated heterocycles. The Kier molecular flexibility index (Phi) is 4.80. The van der Waals surface area contributed by atoms with Crippen LogP contribution in [0.3, 0.4) is 0 Å². The van der Waals surface area contributed by atoms with Gasteiger partial charge in [0.1, 0.15) is 11.6 Å². The van der Waals surface area contributed by atoms with E-state index in [1.54, 1.807) is 12.1 Å². The Bertz CT molecular complexity index is 653. The molecule has 0 spiro atoms. The molecule has 0 unspecified atom stereocenters. The van der Waals surface area contributed by atoms with Crippen molar-refractivity contribution in [3.63, 3.8) is 0 Å². The van der Waals surface area contributed by atoms with E-state index in [0.29, 0.717) is 5.69 Å². The Balaban J connectivity index is 2.01. The van der Waals surface area contributed by atoms with Gasteiger partial charge in [-0.05, 0) is 30.7 Å². The summed E-state index contributed by atoms with van der Waals surface area (Å²) in [5, 5.41) is 2.70. The van der Waals surface area contributed by atoms with E-state index in [-0.39, 0.29) is 22.2 Å². The lowest BCUT2D eigenvalue weighted by Crippen LogP contribution is -2.15. The van der Waals surface area contributed by atoms with Crippen LogP contribution in [0.2, 0.25) is 0 Å². The van der Waals surface area contributed by atoms with Gasteiger partial charge < -0.3 is 11.1 Å². The minimum Gasteiger partial charge on any atom is -0.399 e. The number of nitrogens with one attached hydrogen (secondary N) is 1. The lowest BCUT2D eigenvalue weighted by Gasteiger charge is -2.09. The number of carbonyl (C=O) groups excluding carboxylic acids is 1. The summed E-state index contributed by atoms with van der Waals surface area (Å²) < 4.78 is 27.2. The molecule has 0 atom stereocenters. The van der Waals surface area contributed by atoms with Crippen molar-refractivity contribution in [2.24, 2.45) is 0 Å². The fraction of sp³-hybridized carbons (Fsp3) is 0.133. The first kappa shape index (κ1) is 15.3. The minimum atomic E-state index is -0.763. The average Bonchev–Trinajstić information content (AvgIpc) is 2.40. The van der Waals surface area contributed by atoms with Crippen LogP contribution in [0.25, 0.3) is 0 Å². The number of nitrogen functional groups attached to an aromatic ring is 1. The fourth-order valence-electron chi connectivity index (χ4n) is 1.75. The van der Waals surface area contributed by atoms with E-state index < -0.39 is 11.6 Å². The van der Waals surface area contributed by atoms with Crippen LogP contribution in [-0.2, 0) is 4.79 Å². The zero-order chi connectivity index (χ0) is 15.4. The van der Waals surface area contributed by atoms with Gasteiger partial charge in [0.05, 0.1) is 10.6 Å². The summed E-state index contributed by atoms with van der Waals surface area (Å²) in [5.41, 5.74) is 6.95. The Morgan fingerprint density at radius 1 is 1.24 bits per heavy atom. The summed E-state index contributed by atoms with van der Waals surface area (Å²) in [5.74, 6) is -1.95. The molecule has 2 aromatic carbocycles. The molecule has 3 nitrogen and oxygen atoms in total. The Hall–Kier alpha value is -2.08. The van der Waals surface area contributed by atoms with E-state index >= 15 is 0 Å². The highest BCUT2D eigenvalue weighted by Crippen LogP contribution is 2.27. The molecular formula is C15H14F2N2OS. The predicted octanol–water partition coefficient (Wildman–Crippen LogP) is 3.59. The summed E-state index contributed by atoms with van der Waals surface area (Å²) >= 11 is 0.798. The summed E-state index contributed by atoms with van der Waals surface area (Å²) in [6.07, 6.45) is 0. The van der Waals surface area contributed by atoms with Crippen LogP contribution < -0.4 is 11.1 Å². The van der Waals surface area contributed by atoms with Gasteiger partial charge in [-0.25, -0.2) is 8.78 Å². The molecule has 1 amide bonds. The van der Waals surface area contributed by atoms with Gasteiger partial charge in [0.2, 0.25) is 5.91 Å². The van der Waals surface area contributed by atoms with E-state index in [4.69, 9.17) is 5.73 Å². The summed E-state index contributed by atoms with van der Waals surface area (Å²) in [6, 6.07) is 9.35. The van der Waals surface area contributed by atoms with Gasteiger partial charge in [0.25, 0.3) is 0 Å². The number of nitrogens with two attached hydrogens (primary N) is 1. The molecule has 0 bridgehead atoms. The first-order valence-corrected chi connectivity index (χ1v) is 7.18. The van der Waals surface area contributed by atoms with E-state index in [1.165, 1.54) is 0 Å². The quantitative estimate of drug-likeness (QED) is 0.670. The van der Waals surface area contributed by atoms with Gasteiger partial charge >= 0.3 is 0 Å². The third-order valence-electron chi connectivity index (χ3n) is 2.79. The van der Waals surface area contributed by atoms with Gasteiger partial charge in [0.15, 0.2) is 0 Å². The van der Waals surface area contributed by atoms with Crippen molar-refractivity contribution in [3.8, 4) is 0 Å². The van der Waals surface area contributed by atoms with Gasteiger partial charge in [-0.1, -0.05) is 18.2 Å². The SMILES string of the molecule is Cc1ccccc1NC(=O)CSc1c(F)cc(N)cc1F. The van der Waals surface area contributed by atoms with Crippen LogP contribution >= 0.6 is 11.8 Å². The third kappa shape index (κ3) is 3.95. The highest BCUT2D eigenvalue weighted by atomic mass is 32.2. The number of aryl methyl sites for hydroxylation is 1. The number of amides is 1. The van der Waals surface area contributed by atoms with Crippen LogP contribution in [0.1, 0.15) is 5.56 Å². The first-order chi connectivity index (χ1) is 9.97. The van der Waals surface area contributed by atoms with Crippen LogP contribution in [0, 0.1) is 18.6 Å². The second kappa shape index (κ2) is 6.58. The van der Waals surface area contributed by atoms with Crippen LogP contribution in [-0.4, -0.2) is 11.7 Å². The second-order valence-corrected chi connectivity index (χ2v) is 5.45. The maximum atomic E-state index is 13.6. The van der Waals surface area contributed by atoms with Crippen molar-refractivity contribution in [3.05, 3.63) is 53.6 Å². The van der Waals surface area contributed by atoms with Crippen LogP contribution in [0.5, 0.6) is 0 Å². The fourth-order valence-corrected chi connectivity index (χ4v) is 2.50. The predicted molar refractivity (Wildman–Crippen MR) is 81.3 cm³/mol. The zero-order valence-corrected chi connectivity index (χ0v) is 12.1. The van der Waals surface area contributed by atoms with E-state index in [9.17, 15) is 13.6 Å². The van der Waals surface area contributed by atoms with E-state index in [0.717, 1.165) is 29.5 Å².